The van der Waals surface area contributed by atoms with E-state index in [4.69, 9.17) is 21.7 Å². The molecule has 1 aromatic carbocycles. The van der Waals surface area contributed by atoms with Crippen molar-refractivity contribution < 1.29 is 4.79 Å². The highest BCUT2D eigenvalue weighted by atomic mass is 35.5. The summed E-state index contributed by atoms with van der Waals surface area (Å²) in [6.45, 7) is 6.48. The van der Waals surface area contributed by atoms with Gasteiger partial charge in [-0.2, -0.15) is 4.98 Å². The lowest BCUT2D eigenvalue weighted by Crippen LogP contribution is -2.36. The van der Waals surface area contributed by atoms with Gasteiger partial charge in [-0.3, -0.25) is 4.79 Å². The number of unbranched alkanes of at least 4 members (excludes halogenated alkanes) is 2. The number of anilines is 1. The van der Waals surface area contributed by atoms with Crippen LogP contribution in [0.15, 0.2) is 40.7 Å². The quantitative estimate of drug-likeness (QED) is 0.458. The molecule has 1 aromatic heterocycles. The lowest BCUT2D eigenvalue weighted by atomic mass is 9.73. The number of carbonyl (C=O) groups excluding carboxylic acids is 1. The van der Waals surface area contributed by atoms with Crippen molar-refractivity contribution in [2.75, 3.05) is 11.1 Å². The predicted octanol–water partition coefficient (Wildman–Crippen LogP) is 5.87. The first kappa shape index (κ1) is 20.5. The van der Waals surface area contributed by atoms with Crippen molar-refractivity contribution in [1.82, 2.24) is 14.8 Å². The van der Waals surface area contributed by atoms with Crippen LogP contribution in [0.5, 0.6) is 0 Å². The van der Waals surface area contributed by atoms with Crippen LogP contribution >= 0.6 is 23.4 Å². The normalized spacial score (nSPS) is 20.3. The number of rotatable bonds is 6. The van der Waals surface area contributed by atoms with Crippen molar-refractivity contribution in [2.45, 2.75) is 64.1 Å². The maximum atomic E-state index is 13.2. The van der Waals surface area contributed by atoms with E-state index in [9.17, 15) is 4.79 Å². The molecule has 0 unspecified atom stereocenters. The molecular formula is C22H27ClN4OS. The molecule has 5 nitrogen and oxygen atoms in total. The number of aromatic nitrogens is 3. The smallest absolute Gasteiger partial charge is 0.227 e. The number of benzene rings is 1. The molecule has 2 heterocycles. The molecular weight excluding hydrogens is 404 g/mol. The Hall–Kier alpha value is -1.79. The Morgan fingerprint density at radius 3 is 2.72 bits per heavy atom. The molecule has 4 rings (SSSR count). The standard InChI is InChI=1S/C22H27ClN4OS/c1-4-5-6-11-29-21-25-20-24-16-12-22(2,3)13-17(28)18(16)19(27(20)26-21)14-7-9-15(23)10-8-14/h7-10,19H,4-6,11-13H2,1-3H3,(H,24,25,26)/t19-/m1/s1. The van der Waals surface area contributed by atoms with Gasteiger partial charge in [-0.25, -0.2) is 4.68 Å². The number of nitrogens with one attached hydrogen (secondary N) is 1. The molecule has 0 bridgehead atoms. The van der Waals surface area contributed by atoms with Crippen molar-refractivity contribution in [3.8, 4) is 0 Å². The van der Waals surface area contributed by atoms with Crippen molar-refractivity contribution in [1.29, 1.82) is 0 Å². The minimum atomic E-state index is -0.264. The summed E-state index contributed by atoms with van der Waals surface area (Å²) >= 11 is 7.79. The Kier molecular flexibility index (Phi) is 5.76. The van der Waals surface area contributed by atoms with Crippen LogP contribution in [-0.2, 0) is 4.79 Å². The van der Waals surface area contributed by atoms with Gasteiger partial charge in [0.2, 0.25) is 11.1 Å². The molecule has 154 valence electrons. The fourth-order valence-electron chi connectivity index (χ4n) is 4.12. The van der Waals surface area contributed by atoms with Gasteiger partial charge in [0.15, 0.2) is 5.78 Å². The van der Waals surface area contributed by atoms with Gasteiger partial charge in [0.25, 0.3) is 0 Å². The molecule has 1 atom stereocenters. The minimum absolute atomic E-state index is 0.0621. The first-order chi connectivity index (χ1) is 13.9. The first-order valence-corrected chi connectivity index (χ1v) is 11.6. The van der Waals surface area contributed by atoms with Crippen LogP contribution in [-0.4, -0.2) is 26.3 Å². The van der Waals surface area contributed by atoms with Crippen LogP contribution in [0.1, 0.15) is 64.5 Å². The van der Waals surface area contributed by atoms with Crippen LogP contribution < -0.4 is 5.32 Å². The molecule has 0 amide bonds. The Bertz CT molecular complexity index is 948. The van der Waals surface area contributed by atoms with Crippen molar-refractivity contribution in [3.63, 3.8) is 0 Å². The number of nitrogens with zero attached hydrogens (tertiary/aromatic N) is 3. The second kappa shape index (κ2) is 8.15. The van der Waals surface area contributed by atoms with Gasteiger partial charge in [0.05, 0.1) is 0 Å². The van der Waals surface area contributed by atoms with Gasteiger partial charge in [-0.15, -0.1) is 5.10 Å². The van der Waals surface area contributed by atoms with Gasteiger partial charge < -0.3 is 5.32 Å². The SMILES string of the molecule is CCCCCSc1nc2n(n1)[C@H](c1ccc(Cl)cc1)C1=C(CC(C)(C)CC1=O)N2. The zero-order valence-electron chi connectivity index (χ0n) is 17.2. The van der Waals surface area contributed by atoms with E-state index in [1.54, 1.807) is 11.8 Å². The largest absolute Gasteiger partial charge is 0.328 e. The Labute approximate surface area is 181 Å². The van der Waals surface area contributed by atoms with Crippen LogP contribution in [0.2, 0.25) is 5.02 Å². The summed E-state index contributed by atoms with van der Waals surface area (Å²) in [4.78, 5) is 17.9. The summed E-state index contributed by atoms with van der Waals surface area (Å²) in [5, 5.41) is 9.64. The Morgan fingerprint density at radius 1 is 1.24 bits per heavy atom. The summed E-state index contributed by atoms with van der Waals surface area (Å²) in [6, 6.07) is 7.44. The zero-order valence-corrected chi connectivity index (χ0v) is 18.7. The van der Waals surface area contributed by atoms with E-state index in [0.29, 0.717) is 17.4 Å². The van der Waals surface area contributed by atoms with E-state index in [1.807, 2.05) is 28.9 Å². The topological polar surface area (TPSA) is 59.8 Å². The van der Waals surface area contributed by atoms with Crippen molar-refractivity contribution in [2.24, 2.45) is 5.41 Å². The molecule has 0 fully saturated rings. The number of fused-ring (bicyclic) bond motifs is 1. The molecule has 29 heavy (non-hydrogen) atoms. The third-order valence-corrected chi connectivity index (χ3v) is 6.65. The maximum Gasteiger partial charge on any atom is 0.227 e. The number of hydrogen-bond donors (Lipinski definition) is 1. The second-order valence-corrected chi connectivity index (χ2v) is 10.1. The molecule has 0 spiro atoms. The number of allylic oxidation sites excluding steroid dienone is 2. The van der Waals surface area contributed by atoms with Crippen molar-refractivity contribution >= 4 is 35.1 Å². The summed E-state index contributed by atoms with van der Waals surface area (Å²) in [5.74, 6) is 1.90. The third-order valence-electron chi connectivity index (χ3n) is 5.48. The summed E-state index contributed by atoms with van der Waals surface area (Å²) in [7, 11) is 0. The molecule has 1 aliphatic heterocycles. The highest BCUT2D eigenvalue weighted by Crippen LogP contribution is 2.45. The van der Waals surface area contributed by atoms with E-state index in [-0.39, 0.29) is 17.2 Å². The van der Waals surface area contributed by atoms with Gasteiger partial charge in [0.1, 0.15) is 6.04 Å². The highest BCUT2D eigenvalue weighted by Gasteiger charge is 2.41. The maximum absolute atomic E-state index is 13.2. The average molecular weight is 431 g/mol. The van der Waals surface area contributed by atoms with E-state index < -0.39 is 0 Å². The van der Waals surface area contributed by atoms with Crippen LogP contribution in [0, 0.1) is 5.41 Å². The lowest BCUT2D eigenvalue weighted by Gasteiger charge is -2.38. The zero-order chi connectivity index (χ0) is 20.6. The average Bonchev–Trinajstić information content (AvgIpc) is 3.06. The molecule has 1 N–H and O–H groups in total. The predicted molar refractivity (Wildman–Crippen MR) is 119 cm³/mol. The second-order valence-electron chi connectivity index (χ2n) is 8.63. The molecule has 2 aliphatic rings. The van der Waals surface area contributed by atoms with E-state index >= 15 is 0 Å². The highest BCUT2D eigenvalue weighted by molar-refractivity contribution is 7.99. The van der Waals surface area contributed by atoms with Crippen LogP contribution in [0.4, 0.5) is 5.95 Å². The van der Waals surface area contributed by atoms with Crippen LogP contribution in [0.3, 0.4) is 0 Å². The number of carbonyl (C=O) groups is 1. The van der Waals surface area contributed by atoms with Gasteiger partial charge >= 0.3 is 0 Å². The first-order valence-electron chi connectivity index (χ1n) is 10.3. The molecule has 7 heteroatoms. The number of halogens is 1. The van der Waals surface area contributed by atoms with Gasteiger partial charge in [0, 0.05) is 28.5 Å². The fraction of sp³-hybridized carbons (Fsp3) is 0.500. The summed E-state index contributed by atoms with van der Waals surface area (Å²) in [6.07, 6.45) is 4.93. The Morgan fingerprint density at radius 2 is 2.00 bits per heavy atom. The fourth-order valence-corrected chi connectivity index (χ4v) is 5.07. The number of hydrogen-bond acceptors (Lipinski definition) is 5. The summed E-state index contributed by atoms with van der Waals surface area (Å²) in [5.41, 5.74) is 2.73. The number of Topliss-reactive ketones (excluding diaryl/α,β-unsaturated/α-hetero) is 1. The van der Waals surface area contributed by atoms with Gasteiger partial charge in [-0.1, -0.05) is 69.1 Å². The molecule has 0 saturated carbocycles. The molecule has 0 saturated heterocycles. The molecule has 1 aliphatic carbocycles. The minimum Gasteiger partial charge on any atom is -0.328 e. The van der Waals surface area contributed by atoms with E-state index in [1.165, 1.54) is 12.8 Å². The number of ketones is 1. The van der Waals surface area contributed by atoms with E-state index in [2.05, 4.69) is 26.1 Å². The van der Waals surface area contributed by atoms with Crippen molar-refractivity contribution in [3.05, 3.63) is 46.1 Å². The van der Waals surface area contributed by atoms with Gasteiger partial charge in [-0.05, 0) is 36.0 Å². The van der Waals surface area contributed by atoms with E-state index in [0.717, 1.165) is 40.6 Å². The summed E-state index contributed by atoms with van der Waals surface area (Å²) < 4.78 is 1.88. The van der Waals surface area contributed by atoms with Crippen LogP contribution in [0.25, 0.3) is 0 Å². The molecule has 2 aromatic rings. The molecule has 0 radical (unpaired) electrons. The monoisotopic (exact) mass is 430 g/mol. The lowest BCUT2D eigenvalue weighted by molar-refractivity contribution is -0.118. The third kappa shape index (κ3) is 4.24. The number of thioether (sulfide) groups is 1. The Balaban J connectivity index is 1.73.